The van der Waals surface area contributed by atoms with E-state index in [1.807, 2.05) is 16.9 Å². The highest BCUT2D eigenvalue weighted by atomic mass is 16.6. The van der Waals surface area contributed by atoms with Gasteiger partial charge in [0.25, 0.3) is 0 Å². The van der Waals surface area contributed by atoms with E-state index in [9.17, 15) is 0 Å². The number of hydrogen-bond acceptors (Lipinski definition) is 3. The normalized spacial score (nSPS) is 18.9. The SMILES string of the molecule is CON=C1CCC(c2cccc(-n3cccn3)c2)CC1. The summed E-state index contributed by atoms with van der Waals surface area (Å²) in [6, 6.07) is 10.6. The van der Waals surface area contributed by atoms with Gasteiger partial charge in [0.15, 0.2) is 0 Å². The lowest BCUT2D eigenvalue weighted by Crippen LogP contribution is -2.13. The van der Waals surface area contributed by atoms with Gasteiger partial charge in [0.05, 0.1) is 11.4 Å². The zero-order valence-corrected chi connectivity index (χ0v) is 11.7. The first kappa shape index (κ1) is 12.9. The van der Waals surface area contributed by atoms with Crippen LogP contribution in [0.3, 0.4) is 0 Å². The molecule has 0 N–H and O–H groups in total. The highest BCUT2D eigenvalue weighted by Gasteiger charge is 2.19. The molecule has 0 aliphatic heterocycles. The maximum atomic E-state index is 4.87. The highest BCUT2D eigenvalue weighted by molar-refractivity contribution is 5.84. The van der Waals surface area contributed by atoms with Crippen LogP contribution in [0, 0.1) is 0 Å². The molecule has 4 heteroatoms. The predicted molar refractivity (Wildman–Crippen MR) is 79.2 cm³/mol. The standard InChI is InChI=1S/C16H19N3O/c1-20-18-15-8-6-13(7-9-15)14-4-2-5-16(12-14)19-11-3-10-17-19/h2-5,10-13H,6-9H2,1H3. The largest absolute Gasteiger partial charge is 0.399 e. The Hall–Kier alpha value is -2.10. The molecular formula is C16H19N3O. The first-order valence-electron chi connectivity index (χ1n) is 7.05. The van der Waals surface area contributed by atoms with E-state index >= 15 is 0 Å². The molecule has 0 bridgehead atoms. The van der Waals surface area contributed by atoms with E-state index in [1.54, 1.807) is 13.3 Å². The first-order chi connectivity index (χ1) is 9.86. The van der Waals surface area contributed by atoms with E-state index in [-0.39, 0.29) is 0 Å². The van der Waals surface area contributed by atoms with Gasteiger partial charge in [-0.15, -0.1) is 0 Å². The Kier molecular flexibility index (Phi) is 3.81. The maximum absolute atomic E-state index is 4.87. The van der Waals surface area contributed by atoms with Crippen LogP contribution in [-0.2, 0) is 4.84 Å². The summed E-state index contributed by atoms with van der Waals surface area (Å²) >= 11 is 0. The quantitative estimate of drug-likeness (QED) is 0.800. The molecule has 1 fully saturated rings. The number of nitrogens with zero attached hydrogens (tertiary/aromatic N) is 3. The maximum Gasteiger partial charge on any atom is 0.106 e. The molecule has 0 saturated heterocycles. The lowest BCUT2D eigenvalue weighted by molar-refractivity contribution is 0.210. The molecule has 2 aromatic rings. The van der Waals surface area contributed by atoms with Crippen LogP contribution in [0.5, 0.6) is 0 Å². The predicted octanol–water partition coefficient (Wildman–Crippen LogP) is 3.53. The Morgan fingerprint density at radius 3 is 2.80 bits per heavy atom. The summed E-state index contributed by atoms with van der Waals surface area (Å²) in [5.74, 6) is 0.612. The van der Waals surface area contributed by atoms with Crippen molar-refractivity contribution in [1.29, 1.82) is 0 Å². The van der Waals surface area contributed by atoms with Gasteiger partial charge in [-0.1, -0.05) is 17.3 Å². The number of rotatable bonds is 3. The van der Waals surface area contributed by atoms with Gasteiger partial charge < -0.3 is 4.84 Å². The molecule has 20 heavy (non-hydrogen) atoms. The van der Waals surface area contributed by atoms with Crippen LogP contribution in [0.25, 0.3) is 5.69 Å². The fourth-order valence-electron chi connectivity index (χ4n) is 2.85. The molecule has 0 unspecified atom stereocenters. The van der Waals surface area contributed by atoms with Crippen LogP contribution in [0.1, 0.15) is 37.2 Å². The molecule has 3 rings (SSSR count). The third-order valence-electron chi connectivity index (χ3n) is 3.89. The molecule has 1 heterocycles. The molecule has 1 aliphatic carbocycles. The molecule has 0 radical (unpaired) electrons. The van der Waals surface area contributed by atoms with Crippen molar-refractivity contribution in [2.75, 3.05) is 7.11 Å². The van der Waals surface area contributed by atoms with Crippen LogP contribution in [0.4, 0.5) is 0 Å². The Morgan fingerprint density at radius 1 is 1.25 bits per heavy atom. The topological polar surface area (TPSA) is 39.4 Å². The Labute approximate surface area is 119 Å². The van der Waals surface area contributed by atoms with Crippen molar-refractivity contribution in [2.45, 2.75) is 31.6 Å². The van der Waals surface area contributed by atoms with Crippen molar-refractivity contribution in [3.8, 4) is 5.69 Å². The number of oxime groups is 1. The number of aromatic nitrogens is 2. The second kappa shape index (κ2) is 5.90. The van der Waals surface area contributed by atoms with Crippen LogP contribution in [-0.4, -0.2) is 22.6 Å². The number of benzene rings is 1. The zero-order chi connectivity index (χ0) is 13.8. The fraction of sp³-hybridized carbons (Fsp3) is 0.375. The van der Waals surface area contributed by atoms with Crippen molar-refractivity contribution in [3.63, 3.8) is 0 Å². The Morgan fingerprint density at radius 2 is 2.10 bits per heavy atom. The van der Waals surface area contributed by atoms with Gasteiger partial charge in [-0.2, -0.15) is 5.10 Å². The Balaban J connectivity index is 1.75. The average molecular weight is 269 g/mol. The van der Waals surface area contributed by atoms with Crippen molar-refractivity contribution in [2.24, 2.45) is 5.16 Å². The summed E-state index contributed by atoms with van der Waals surface area (Å²) in [5, 5.41) is 8.36. The molecule has 0 atom stereocenters. The second-order valence-corrected chi connectivity index (χ2v) is 5.16. The van der Waals surface area contributed by atoms with Gasteiger partial charge in [-0.05, 0) is 55.4 Å². The van der Waals surface area contributed by atoms with Crippen LogP contribution >= 0.6 is 0 Å². The van der Waals surface area contributed by atoms with Crippen molar-refractivity contribution < 1.29 is 4.84 Å². The van der Waals surface area contributed by atoms with E-state index in [4.69, 9.17) is 4.84 Å². The molecular weight excluding hydrogens is 250 g/mol. The van der Waals surface area contributed by atoms with E-state index in [0.29, 0.717) is 5.92 Å². The summed E-state index contributed by atoms with van der Waals surface area (Å²) in [4.78, 5) is 4.87. The lowest BCUT2D eigenvalue weighted by Gasteiger charge is -2.23. The van der Waals surface area contributed by atoms with Gasteiger partial charge in [0.1, 0.15) is 7.11 Å². The zero-order valence-electron chi connectivity index (χ0n) is 11.7. The van der Waals surface area contributed by atoms with Crippen molar-refractivity contribution in [3.05, 3.63) is 48.3 Å². The molecule has 0 amide bonds. The van der Waals surface area contributed by atoms with Gasteiger partial charge in [-0.3, -0.25) is 0 Å². The van der Waals surface area contributed by atoms with E-state index in [1.165, 1.54) is 11.3 Å². The van der Waals surface area contributed by atoms with Crippen molar-refractivity contribution in [1.82, 2.24) is 9.78 Å². The van der Waals surface area contributed by atoms with Crippen LogP contribution in [0.2, 0.25) is 0 Å². The minimum absolute atomic E-state index is 0.612. The summed E-state index contributed by atoms with van der Waals surface area (Å²) in [5.41, 5.74) is 3.71. The third kappa shape index (κ3) is 2.74. The van der Waals surface area contributed by atoms with Crippen molar-refractivity contribution >= 4 is 5.71 Å². The summed E-state index contributed by atoms with van der Waals surface area (Å²) < 4.78 is 1.91. The van der Waals surface area contributed by atoms with E-state index < -0.39 is 0 Å². The highest BCUT2D eigenvalue weighted by Crippen LogP contribution is 2.32. The Bertz CT molecular complexity index is 580. The van der Waals surface area contributed by atoms with Gasteiger partial charge in [0, 0.05) is 12.4 Å². The first-order valence-corrected chi connectivity index (χ1v) is 7.05. The number of hydrogen-bond donors (Lipinski definition) is 0. The van der Waals surface area contributed by atoms with E-state index in [0.717, 1.165) is 31.4 Å². The molecule has 0 spiro atoms. The molecule has 1 saturated carbocycles. The third-order valence-corrected chi connectivity index (χ3v) is 3.89. The van der Waals surface area contributed by atoms with Gasteiger partial charge in [0.2, 0.25) is 0 Å². The molecule has 1 aromatic heterocycles. The average Bonchev–Trinajstić information content (AvgIpc) is 3.03. The smallest absolute Gasteiger partial charge is 0.106 e. The van der Waals surface area contributed by atoms with Crippen LogP contribution in [0.15, 0.2) is 47.9 Å². The molecule has 4 nitrogen and oxygen atoms in total. The summed E-state index contributed by atoms with van der Waals surface area (Å²) in [6.07, 6.45) is 8.13. The molecule has 104 valence electrons. The summed E-state index contributed by atoms with van der Waals surface area (Å²) in [6.45, 7) is 0. The molecule has 1 aliphatic rings. The second-order valence-electron chi connectivity index (χ2n) is 5.16. The minimum Gasteiger partial charge on any atom is -0.399 e. The lowest BCUT2D eigenvalue weighted by atomic mass is 9.83. The molecule has 1 aromatic carbocycles. The van der Waals surface area contributed by atoms with Gasteiger partial charge >= 0.3 is 0 Å². The fourth-order valence-corrected chi connectivity index (χ4v) is 2.85. The minimum atomic E-state index is 0.612. The van der Waals surface area contributed by atoms with Gasteiger partial charge in [-0.25, -0.2) is 4.68 Å². The monoisotopic (exact) mass is 269 g/mol. The summed E-state index contributed by atoms with van der Waals surface area (Å²) in [7, 11) is 1.62. The van der Waals surface area contributed by atoms with Crippen LogP contribution < -0.4 is 0 Å². The van der Waals surface area contributed by atoms with E-state index in [2.05, 4.69) is 34.5 Å².